The van der Waals surface area contributed by atoms with Crippen LogP contribution >= 0.6 is 46.4 Å². The van der Waals surface area contributed by atoms with Crippen molar-refractivity contribution in [1.82, 2.24) is 0 Å². The Hall–Kier alpha value is -0.310. The summed E-state index contributed by atoms with van der Waals surface area (Å²) in [6, 6.07) is 1.36. The quantitative estimate of drug-likeness (QED) is 0.217. The van der Waals surface area contributed by atoms with E-state index in [4.69, 9.17) is 51.9 Å². The molecule has 0 aliphatic carbocycles. The van der Waals surface area contributed by atoms with Gasteiger partial charge in [0, 0.05) is 4.91 Å². The van der Waals surface area contributed by atoms with Crippen LogP contribution in [0.3, 0.4) is 0 Å². The van der Waals surface area contributed by atoms with Crippen LogP contribution in [0.1, 0.15) is 0 Å². The van der Waals surface area contributed by atoms with Gasteiger partial charge in [-0.2, -0.15) is 0 Å². The van der Waals surface area contributed by atoms with Gasteiger partial charge in [0.15, 0.2) is 0 Å². The summed E-state index contributed by atoms with van der Waals surface area (Å²) in [5.74, 6) is 0. The molecular formula is C6HCl4N3. The Bertz CT molecular complexity index is 397. The van der Waals surface area contributed by atoms with Crippen LogP contribution in [0.5, 0.6) is 0 Å². The van der Waals surface area contributed by atoms with Crippen LogP contribution in [0.2, 0.25) is 20.1 Å². The summed E-state index contributed by atoms with van der Waals surface area (Å²) >= 11 is 22.8. The monoisotopic (exact) mass is 255 g/mol. The highest BCUT2D eigenvalue weighted by Crippen LogP contribution is 2.42. The smallest absolute Gasteiger partial charge is 0.0784 e. The summed E-state index contributed by atoms with van der Waals surface area (Å²) in [6.07, 6.45) is 0. The summed E-state index contributed by atoms with van der Waals surface area (Å²) in [7, 11) is 0. The van der Waals surface area contributed by atoms with E-state index in [1.807, 2.05) is 0 Å². The average molecular weight is 257 g/mol. The van der Waals surface area contributed by atoms with Gasteiger partial charge in [-0.1, -0.05) is 51.5 Å². The van der Waals surface area contributed by atoms with Crippen LogP contribution in [-0.4, -0.2) is 0 Å². The van der Waals surface area contributed by atoms with E-state index in [1.165, 1.54) is 6.07 Å². The maximum atomic E-state index is 8.19. The lowest BCUT2D eigenvalue weighted by Crippen LogP contribution is -1.75. The molecule has 3 nitrogen and oxygen atoms in total. The molecule has 1 rings (SSSR count). The second-order valence-corrected chi connectivity index (χ2v) is 3.58. The van der Waals surface area contributed by atoms with E-state index < -0.39 is 0 Å². The third-order valence-electron chi connectivity index (χ3n) is 1.23. The summed E-state index contributed by atoms with van der Waals surface area (Å²) in [5, 5.41) is 3.83. The summed E-state index contributed by atoms with van der Waals surface area (Å²) in [5.41, 5.74) is 8.28. The molecule has 0 fully saturated rings. The van der Waals surface area contributed by atoms with Crippen LogP contribution in [0.4, 0.5) is 5.69 Å². The SMILES string of the molecule is [N-]=[N+]=Nc1c(Cl)cc(Cl)c(Cl)c1Cl. The number of hydrogen-bond acceptors (Lipinski definition) is 1. The Morgan fingerprint density at radius 1 is 1.08 bits per heavy atom. The molecule has 0 unspecified atom stereocenters. The molecule has 13 heavy (non-hydrogen) atoms. The lowest BCUT2D eigenvalue weighted by atomic mass is 10.3. The average Bonchev–Trinajstić information content (AvgIpc) is 2.09. The Morgan fingerprint density at radius 3 is 2.23 bits per heavy atom. The zero-order chi connectivity index (χ0) is 10.0. The highest BCUT2D eigenvalue weighted by Gasteiger charge is 2.11. The van der Waals surface area contributed by atoms with Crippen molar-refractivity contribution in [3.05, 3.63) is 36.6 Å². The van der Waals surface area contributed by atoms with Gasteiger partial charge in [0.2, 0.25) is 0 Å². The largest absolute Gasteiger partial charge is 0.0837 e. The zero-order valence-corrected chi connectivity index (χ0v) is 8.95. The first-order chi connectivity index (χ1) is 6.07. The Balaban J connectivity index is 3.52. The van der Waals surface area contributed by atoms with Crippen LogP contribution in [0.15, 0.2) is 11.2 Å². The third kappa shape index (κ3) is 2.13. The van der Waals surface area contributed by atoms with Crippen LogP contribution in [0, 0.1) is 0 Å². The van der Waals surface area contributed by atoms with Gasteiger partial charge in [-0.05, 0) is 11.6 Å². The lowest BCUT2D eigenvalue weighted by molar-refractivity contribution is 1.48. The van der Waals surface area contributed by atoms with Gasteiger partial charge in [-0.15, -0.1) is 0 Å². The molecule has 0 spiro atoms. The maximum absolute atomic E-state index is 8.19. The molecule has 0 heterocycles. The Morgan fingerprint density at radius 2 is 1.69 bits per heavy atom. The number of rotatable bonds is 1. The molecule has 0 atom stereocenters. The molecule has 1 aromatic carbocycles. The van der Waals surface area contributed by atoms with Crippen LogP contribution in [-0.2, 0) is 0 Å². The Labute approximate surface area is 93.8 Å². The molecule has 7 heteroatoms. The van der Waals surface area contributed by atoms with Crippen molar-refractivity contribution in [2.24, 2.45) is 5.11 Å². The topological polar surface area (TPSA) is 48.8 Å². The van der Waals surface area contributed by atoms with Crippen molar-refractivity contribution in [3.8, 4) is 0 Å². The van der Waals surface area contributed by atoms with Crippen LogP contribution < -0.4 is 0 Å². The second-order valence-electron chi connectivity index (χ2n) is 2.01. The van der Waals surface area contributed by atoms with E-state index >= 15 is 0 Å². The van der Waals surface area contributed by atoms with E-state index in [2.05, 4.69) is 10.0 Å². The molecule has 0 aliphatic heterocycles. The van der Waals surface area contributed by atoms with Gasteiger partial charge in [0.1, 0.15) is 0 Å². The van der Waals surface area contributed by atoms with E-state index in [0.29, 0.717) is 0 Å². The van der Waals surface area contributed by atoms with Crippen molar-refractivity contribution >= 4 is 52.1 Å². The fourth-order valence-corrected chi connectivity index (χ4v) is 1.68. The van der Waals surface area contributed by atoms with Gasteiger partial charge < -0.3 is 0 Å². The first-order valence-electron chi connectivity index (χ1n) is 2.96. The van der Waals surface area contributed by atoms with E-state index in [9.17, 15) is 0 Å². The third-order valence-corrected chi connectivity index (χ3v) is 2.77. The zero-order valence-electron chi connectivity index (χ0n) is 5.93. The van der Waals surface area contributed by atoms with Crippen molar-refractivity contribution in [1.29, 1.82) is 0 Å². The van der Waals surface area contributed by atoms with Crippen molar-refractivity contribution in [3.63, 3.8) is 0 Å². The molecule has 0 radical (unpaired) electrons. The second kappa shape index (κ2) is 4.27. The molecule has 0 aliphatic rings. The number of azide groups is 1. The van der Waals surface area contributed by atoms with Gasteiger partial charge in [0.05, 0.1) is 25.8 Å². The van der Waals surface area contributed by atoms with Gasteiger partial charge in [-0.25, -0.2) is 0 Å². The Kier molecular flexibility index (Phi) is 3.54. The van der Waals surface area contributed by atoms with E-state index in [1.54, 1.807) is 0 Å². The van der Waals surface area contributed by atoms with Crippen molar-refractivity contribution in [2.45, 2.75) is 0 Å². The standard InChI is InChI=1S/C6HCl4N3/c7-2-1-3(8)6(12-13-11)5(10)4(2)9/h1H. The first-order valence-corrected chi connectivity index (χ1v) is 4.47. The lowest BCUT2D eigenvalue weighted by Gasteiger charge is -2.03. The number of halogens is 4. The van der Waals surface area contributed by atoms with E-state index in [-0.39, 0.29) is 25.8 Å². The van der Waals surface area contributed by atoms with Gasteiger partial charge in [-0.3, -0.25) is 0 Å². The normalized spacial score (nSPS) is 9.54. The predicted molar refractivity (Wildman–Crippen MR) is 55.3 cm³/mol. The molecule has 0 N–H and O–H groups in total. The fraction of sp³-hybridized carbons (Fsp3) is 0. The first kappa shape index (κ1) is 10.8. The van der Waals surface area contributed by atoms with Gasteiger partial charge >= 0.3 is 0 Å². The minimum absolute atomic E-state index is 0.0527. The molecule has 0 saturated heterocycles. The van der Waals surface area contributed by atoms with Crippen molar-refractivity contribution < 1.29 is 0 Å². The van der Waals surface area contributed by atoms with E-state index in [0.717, 1.165) is 0 Å². The minimum Gasteiger partial charge on any atom is -0.0837 e. The maximum Gasteiger partial charge on any atom is 0.0784 e. The molecule has 0 aromatic heterocycles. The number of nitrogens with zero attached hydrogens (tertiary/aromatic N) is 3. The molecule has 0 amide bonds. The fourth-order valence-electron chi connectivity index (χ4n) is 0.693. The summed E-state index contributed by atoms with van der Waals surface area (Å²) in [4.78, 5) is 2.55. The molecule has 1 aromatic rings. The molecular weight excluding hydrogens is 256 g/mol. The van der Waals surface area contributed by atoms with Gasteiger partial charge in [0.25, 0.3) is 0 Å². The van der Waals surface area contributed by atoms with Crippen molar-refractivity contribution in [2.75, 3.05) is 0 Å². The number of hydrogen-bond donors (Lipinski definition) is 0. The molecule has 68 valence electrons. The summed E-state index contributed by atoms with van der Waals surface area (Å²) in [6.45, 7) is 0. The highest BCUT2D eigenvalue weighted by atomic mass is 35.5. The summed E-state index contributed by atoms with van der Waals surface area (Å²) < 4.78 is 0. The molecule has 0 saturated carbocycles. The molecule has 0 bridgehead atoms. The minimum atomic E-state index is 0.0527. The number of benzene rings is 1. The van der Waals surface area contributed by atoms with Crippen LogP contribution in [0.25, 0.3) is 10.4 Å². The predicted octanol–water partition coefficient (Wildman–Crippen LogP) is 5.24. The highest BCUT2D eigenvalue weighted by molar-refractivity contribution is 6.50.